The van der Waals surface area contributed by atoms with E-state index in [1.807, 2.05) is 42.5 Å². The lowest BCUT2D eigenvalue weighted by atomic mass is 9.91. The van der Waals surface area contributed by atoms with Crippen LogP contribution in [0.3, 0.4) is 0 Å². The topological polar surface area (TPSA) is 81.5 Å². The Kier molecular flexibility index (Phi) is 6.89. The highest BCUT2D eigenvalue weighted by Gasteiger charge is 2.20. The summed E-state index contributed by atoms with van der Waals surface area (Å²) in [6, 6.07) is 16.8. The summed E-state index contributed by atoms with van der Waals surface area (Å²) in [5, 5.41) is 0.658. The van der Waals surface area contributed by atoms with E-state index < -0.39 is 5.92 Å². The van der Waals surface area contributed by atoms with Crippen molar-refractivity contribution < 1.29 is 4.79 Å². The van der Waals surface area contributed by atoms with E-state index in [9.17, 15) is 4.79 Å². The maximum Gasteiger partial charge on any atom is 0.256 e. The van der Waals surface area contributed by atoms with Gasteiger partial charge in [0.05, 0.1) is 5.92 Å². The van der Waals surface area contributed by atoms with Crippen molar-refractivity contribution in [1.29, 1.82) is 0 Å². The van der Waals surface area contributed by atoms with E-state index in [-0.39, 0.29) is 24.3 Å². The number of carbonyl (C=O) groups excluding carboxylic acids is 1. The monoisotopic (exact) mass is 337 g/mol. The first-order valence-electron chi connectivity index (χ1n) is 6.49. The average molecular weight is 338 g/mol. The van der Waals surface area contributed by atoms with Gasteiger partial charge in [0.15, 0.2) is 5.96 Å². The first-order chi connectivity index (χ1) is 10.1. The van der Waals surface area contributed by atoms with Crippen LogP contribution >= 0.6 is 24.0 Å². The highest BCUT2D eigenvalue weighted by Crippen LogP contribution is 2.23. The van der Waals surface area contributed by atoms with E-state index in [2.05, 4.69) is 4.99 Å². The number of benzene rings is 2. The van der Waals surface area contributed by atoms with Gasteiger partial charge in [0.1, 0.15) is 0 Å². The minimum atomic E-state index is -0.422. The van der Waals surface area contributed by atoms with Gasteiger partial charge in [-0.15, -0.1) is 12.4 Å². The lowest BCUT2D eigenvalue weighted by Crippen LogP contribution is -2.26. The summed E-state index contributed by atoms with van der Waals surface area (Å²) in [6.07, 6.45) is 0.511. The van der Waals surface area contributed by atoms with Crippen LogP contribution in [0.15, 0.2) is 59.6 Å². The first-order valence-corrected chi connectivity index (χ1v) is 6.87. The summed E-state index contributed by atoms with van der Waals surface area (Å²) in [7, 11) is 0. The maximum absolute atomic E-state index is 12.3. The Hall–Kier alpha value is -2.04. The van der Waals surface area contributed by atoms with Gasteiger partial charge in [-0.25, -0.2) is 0 Å². The minimum Gasteiger partial charge on any atom is -0.370 e. The fraction of sp³-hybridized carbons (Fsp3) is 0.125. The van der Waals surface area contributed by atoms with Gasteiger partial charge in [-0.2, -0.15) is 4.99 Å². The number of nitrogens with zero attached hydrogens (tertiary/aromatic N) is 1. The van der Waals surface area contributed by atoms with Crippen LogP contribution in [0.5, 0.6) is 0 Å². The number of hydrogen-bond donors (Lipinski definition) is 2. The first kappa shape index (κ1) is 18.0. The van der Waals surface area contributed by atoms with Crippen molar-refractivity contribution in [2.45, 2.75) is 12.3 Å². The van der Waals surface area contributed by atoms with Crippen molar-refractivity contribution in [3.8, 4) is 0 Å². The van der Waals surface area contributed by atoms with Gasteiger partial charge in [0, 0.05) is 5.02 Å². The van der Waals surface area contributed by atoms with Crippen LogP contribution in [0.4, 0.5) is 0 Å². The molecular weight excluding hydrogens is 321 g/mol. The molecule has 0 aliphatic heterocycles. The second-order valence-electron chi connectivity index (χ2n) is 4.67. The van der Waals surface area contributed by atoms with Crippen LogP contribution < -0.4 is 11.5 Å². The van der Waals surface area contributed by atoms with Crippen molar-refractivity contribution >= 4 is 35.9 Å². The quantitative estimate of drug-likeness (QED) is 0.664. The van der Waals surface area contributed by atoms with Gasteiger partial charge < -0.3 is 11.5 Å². The number of aliphatic imine (C=N–C) groups is 1. The van der Waals surface area contributed by atoms with Crippen molar-refractivity contribution in [2.24, 2.45) is 16.5 Å². The number of rotatable bonds is 4. The molecule has 0 spiro atoms. The van der Waals surface area contributed by atoms with Gasteiger partial charge >= 0.3 is 0 Å². The third-order valence-electron chi connectivity index (χ3n) is 3.09. The molecule has 1 atom stereocenters. The van der Waals surface area contributed by atoms with E-state index in [1.165, 1.54) is 0 Å². The Morgan fingerprint density at radius 3 is 2.18 bits per heavy atom. The fourth-order valence-corrected chi connectivity index (χ4v) is 2.22. The number of guanidine groups is 1. The molecule has 1 amide bonds. The molecule has 0 radical (unpaired) electrons. The van der Waals surface area contributed by atoms with E-state index >= 15 is 0 Å². The number of hydrogen-bond acceptors (Lipinski definition) is 1. The molecular formula is C16H17Cl2N3O. The summed E-state index contributed by atoms with van der Waals surface area (Å²) >= 11 is 5.87. The molecule has 0 unspecified atom stereocenters. The van der Waals surface area contributed by atoms with Crippen molar-refractivity contribution in [3.63, 3.8) is 0 Å². The smallest absolute Gasteiger partial charge is 0.256 e. The molecule has 0 aromatic heterocycles. The Bertz CT molecular complexity index is 638. The van der Waals surface area contributed by atoms with Crippen LogP contribution in [0.2, 0.25) is 5.02 Å². The number of nitrogens with two attached hydrogens (primary N) is 2. The van der Waals surface area contributed by atoms with Crippen LogP contribution in [0, 0.1) is 0 Å². The SMILES string of the molecule is Cl.NC(N)=NC(=O)[C@@H](Cc1ccc(Cl)cc1)c1ccccc1. The Labute approximate surface area is 140 Å². The molecule has 0 aliphatic carbocycles. The largest absolute Gasteiger partial charge is 0.370 e. The molecule has 0 saturated carbocycles. The summed E-state index contributed by atoms with van der Waals surface area (Å²) in [5.74, 6) is -0.998. The van der Waals surface area contributed by atoms with Crippen molar-refractivity contribution in [3.05, 3.63) is 70.7 Å². The molecule has 2 aromatic rings. The molecule has 0 saturated heterocycles. The summed E-state index contributed by atoms with van der Waals surface area (Å²) in [5.41, 5.74) is 12.5. The van der Waals surface area contributed by atoms with Crippen LogP contribution in [0.1, 0.15) is 17.0 Å². The van der Waals surface area contributed by atoms with Gasteiger partial charge in [-0.3, -0.25) is 4.79 Å². The molecule has 4 nitrogen and oxygen atoms in total. The lowest BCUT2D eigenvalue weighted by molar-refractivity contribution is -0.119. The molecule has 0 aliphatic rings. The third-order valence-corrected chi connectivity index (χ3v) is 3.34. The second kappa shape index (κ2) is 8.41. The lowest BCUT2D eigenvalue weighted by Gasteiger charge is -2.14. The Balaban J connectivity index is 0.00000242. The fourth-order valence-electron chi connectivity index (χ4n) is 2.09. The maximum atomic E-state index is 12.3. The molecule has 0 heterocycles. The average Bonchev–Trinajstić information content (AvgIpc) is 2.46. The zero-order valence-corrected chi connectivity index (χ0v) is 13.3. The van der Waals surface area contributed by atoms with E-state index in [0.717, 1.165) is 11.1 Å². The van der Waals surface area contributed by atoms with Gasteiger partial charge in [-0.05, 0) is 29.7 Å². The highest BCUT2D eigenvalue weighted by atomic mass is 35.5. The zero-order valence-electron chi connectivity index (χ0n) is 11.8. The van der Waals surface area contributed by atoms with Crippen molar-refractivity contribution in [1.82, 2.24) is 0 Å². The second-order valence-corrected chi connectivity index (χ2v) is 5.11. The van der Waals surface area contributed by atoms with Gasteiger partial charge in [-0.1, -0.05) is 54.1 Å². The molecule has 6 heteroatoms. The molecule has 2 aromatic carbocycles. The standard InChI is InChI=1S/C16H16ClN3O.ClH/c17-13-8-6-11(7-9-13)10-14(15(21)20-16(18)19)12-4-2-1-3-5-12;/h1-9,14H,10H2,(H4,18,19,20,21);1H/t14-;/m0./s1. The third kappa shape index (κ3) is 5.06. The van der Waals surface area contributed by atoms with E-state index in [0.29, 0.717) is 11.4 Å². The highest BCUT2D eigenvalue weighted by molar-refractivity contribution is 6.30. The van der Waals surface area contributed by atoms with Crippen LogP contribution in [0.25, 0.3) is 0 Å². The molecule has 116 valence electrons. The summed E-state index contributed by atoms with van der Waals surface area (Å²) < 4.78 is 0. The van der Waals surface area contributed by atoms with E-state index in [1.54, 1.807) is 12.1 Å². The zero-order chi connectivity index (χ0) is 15.2. The number of halogens is 2. The molecule has 0 bridgehead atoms. The predicted octanol–water partition coefficient (Wildman–Crippen LogP) is 2.89. The molecule has 22 heavy (non-hydrogen) atoms. The molecule has 2 rings (SSSR count). The minimum absolute atomic E-state index is 0. The van der Waals surface area contributed by atoms with E-state index in [4.69, 9.17) is 23.1 Å². The van der Waals surface area contributed by atoms with Crippen molar-refractivity contribution in [2.75, 3.05) is 0 Å². The van der Waals surface area contributed by atoms with Crippen LogP contribution in [-0.2, 0) is 11.2 Å². The summed E-state index contributed by atoms with van der Waals surface area (Å²) in [6.45, 7) is 0. The molecule has 4 N–H and O–H groups in total. The Morgan fingerprint density at radius 2 is 1.64 bits per heavy atom. The van der Waals surface area contributed by atoms with Crippen LogP contribution in [-0.4, -0.2) is 11.9 Å². The normalized spacial score (nSPS) is 11.1. The number of amides is 1. The molecule has 0 fully saturated rings. The summed E-state index contributed by atoms with van der Waals surface area (Å²) in [4.78, 5) is 15.9. The Morgan fingerprint density at radius 1 is 1.05 bits per heavy atom. The van der Waals surface area contributed by atoms with Gasteiger partial charge in [0.25, 0.3) is 5.91 Å². The number of carbonyl (C=O) groups is 1. The predicted molar refractivity (Wildman–Crippen MR) is 92.4 cm³/mol. The van der Waals surface area contributed by atoms with Gasteiger partial charge in [0.2, 0.25) is 0 Å².